The molecule has 28 heavy (non-hydrogen) atoms. The van der Waals surface area contributed by atoms with Crippen molar-refractivity contribution in [1.82, 2.24) is 25.0 Å². The van der Waals surface area contributed by atoms with Crippen LogP contribution in [0.15, 0.2) is 24.3 Å². The Morgan fingerprint density at radius 3 is 2.79 bits per heavy atom. The molecule has 4 rings (SSSR count). The van der Waals surface area contributed by atoms with Gasteiger partial charge in [0, 0.05) is 44.2 Å². The van der Waals surface area contributed by atoms with Crippen LogP contribution in [0.1, 0.15) is 36.0 Å². The number of likely N-dealkylation sites (tertiary alicyclic amines) is 1. The van der Waals surface area contributed by atoms with E-state index in [0.29, 0.717) is 24.6 Å². The zero-order chi connectivity index (χ0) is 18.8. The molecule has 0 atom stereocenters. The molecule has 2 aliphatic heterocycles. The van der Waals surface area contributed by atoms with E-state index in [1.807, 2.05) is 4.90 Å². The van der Waals surface area contributed by atoms with E-state index in [-0.39, 0.29) is 30.4 Å². The van der Waals surface area contributed by atoms with Gasteiger partial charge in [-0.15, -0.1) is 22.6 Å². The molecule has 1 aromatic heterocycles. The Morgan fingerprint density at radius 1 is 1.25 bits per heavy atom. The summed E-state index contributed by atoms with van der Waals surface area (Å²) in [5.41, 5.74) is 0.695. The van der Waals surface area contributed by atoms with Crippen molar-refractivity contribution in [2.75, 3.05) is 19.6 Å². The Balaban J connectivity index is 0.00000225. The summed E-state index contributed by atoms with van der Waals surface area (Å²) in [6.07, 6.45) is 1.93. The third kappa shape index (κ3) is 4.15. The monoisotopic (exact) mass is 406 g/mol. The van der Waals surface area contributed by atoms with Gasteiger partial charge in [0.05, 0.1) is 17.9 Å². The lowest BCUT2D eigenvalue weighted by atomic mass is 9.95. The quantitative estimate of drug-likeness (QED) is 0.611. The van der Waals surface area contributed by atoms with Crippen LogP contribution in [0.2, 0.25) is 0 Å². The molecule has 0 bridgehead atoms. The summed E-state index contributed by atoms with van der Waals surface area (Å²) in [5, 5.41) is 22.8. The number of hydrogen-bond donors (Lipinski definition) is 1. The van der Waals surface area contributed by atoms with Gasteiger partial charge in [-0.2, -0.15) is 0 Å². The number of nitro benzene ring substituents is 1. The molecular formula is C18H23ClN6O3. The Bertz CT molecular complexity index is 863. The van der Waals surface area contributed by atoms with Gasteiger partial charge in [-0.05, 0) is 18.4 Å². The average molecular weight is 407 g/mol. The Labute approximate surface area is 168 Å². The van der Waals surface area contributed by atoms with E-state index in [4.69, 9.17) is 0 Å². The van der Waals surface area contributed by atoms with E-state index in [1.54, 1.807) is 12.1 Å². The molecule has 0 radical (unpaired) electrons. The zero-order valence-electron chi connectivity index (χ0n) is 15.4. The number of benzene rings is 1. The molecule has 1 N–H and O–H groups in total. The van der Waals surface area contributed by atoms with E-state index in [9.17, 15) is 14.9 Å². The number of nitrogens with one attached hydrogen (secondary N) is 1. The van der Waals surface area contributed by atoms with Gasteiger partial charge >= 0.3 is 0 Å². The average Bonchev–Trinajstić information content (AvgIpc) is 3.12. The minimum absolute atomic E-state index is 0. The number of piperidine rings is 1. The fraction of sp³-hybridized carbons (Fsp3) is 0.500. The highest BCUT2D eigenvalue weighted by atomic mass is 35.5. The van der Waals surface area contributed by atoms with Gasteiger partial charge in [-0.3, -0.25) is 14.9 Å². The first kappa shape index (κ1) is 20.2. The van der Waals surface area contributed by atoms with Crippen LogP contribution >= 0.6 is 12.4 Å². The number of non-ortho nitro benzene ring substituents is 1. The molecule has 1 aromatic carbocycles. The molecule has 2 aromatic rings. The minimum atomic E-state index is -0.436. The van der Waals surface area contributed by atoms with Crippen LogP contribution in [0.5, 0.6) is 0 Å². The number of carbonyl (C=O) groups is 1. The summed E-state index contributed by atoms with van der Waals surface area (Å²) in [5.74, 6) is 2.37. The van der Waals surface area contributed by atoms with Crippen molar-refractivity contribution in [2.24, 2.45) is 0 Å². The predicted octanol–water partition coefficient (Wildman–Crippen LogP) is 1.66. The van der Waals surface area contributed by atoms with Gasteiger partial charge < -0.3 is 14.8 Å². The molecule has 3 heterocycles. The molecule has 150 valence electrons. The normalized spacial score (nSPS) is 16.9. The first-order valence-corrected chi connectivity index (χ1v) is 9.25. The van der Waals surface area contributed by atoms with Gasteiger partial charge in [0.25, 0.3) is 5.69 Å². The van der Waals surface area contributed by atoms with Crippen molar-refractivity contribution in [1.29, 1.82) is 0 Å². The van der Waals surface area contributed by atoms with Gasteiger partial charge in [0.2, 0.25) is 5.91 Å². The molecule has 0 saturated carbocycles. The molecular weight excluding hydrogens is 384 g/mol. The number of hydrogen-bond acceptors (Lipinski definition) is 6. The lowest BCUT2D eigenvalue weighted by Crippen LogP contribution is -2.39. The first-order valence-electron chi connectivity index (χ1n) is 9.25. The highest BCUT2D eigenvalue weighted by Crippen LogP contribution is 2.28. The fourth-order valence-electron chi connectivity index (χ4n) is 3.87. The molecule has 9 nitrogen and oxygen atoms in total. The smallest absolute Gasteiger partial charge is 0.269 e. The van der Waals surface area contributed by atoms with E-state index in [2.05, 4.69) is 20.1 Å². The predicted molar refractivity (Wildman–Crippen MR) is 104 cm³/mol. The zero-order valence-corrected chi connectivity index (χ0v) is 16.2. The van der Waals surface area contributed by atoms with Crippen molar-refractivity contribution >= 4 is 24.0 Å². The molecule has 1 fully saturated rings. The summed E-state index contributed by atoms with van der Waals surface area (Å²) in [6.45, 7) is 3.94. The summed E-state index contributed by atoms with van der Waals surface area (Å²) < 4.78 is 2.21. The van der Waals surface area contributed by atoms with Crippen molar-refractivity contribution < 1.29 is 9.72 Å². The second-order valence-electron chi connectivity index (χ2n) is 7.06. The number of carbonyl (C=O) groups excluding carboxylic acids is 1. The third-order valence-electron chi connectivity index (χ3n) is 5.34. The van der Waals surface area contributed by atoms with Crippen molar-refractivity contribution in [2.45, 2.75) is 38.3 Å². The Morgan fingerprint density at radius 2 is 2.04 bits per heavy atom. The molecule has 1 saturated heterocycles. The standard InChI is InChI=1S/C18H22N6O3.ClH/c25-17(11-13-2-1-3-15(10-13)24(26)27)22-7-4-14(5-8-22)18-21-20-16-12-19-6-9-23(16)18;/h1-3,10,14,19H,4-9,11-12H2;1H. The van der Waals surface area contributed by atoms with E-state index in [1.165, 1.54) is 12.1 Å². The number of aromatic nitrogens is 3. The van der Waals surface area contributed by atoms with Gasteiger partial charge in [-0.25, -0.2) is 0 Å². The lowest BCUT2D eigenvalue weighted by Gasteiger charge is -2.32. The number of fused-ring (bicyclic) bond motifs is 1. The molecule has 0 aliphatic carbocycles. The Hall–Kier alpha value is -2.52. The van der Waals surface area contributed by atoms with Gasteiger partial charge in [-0.1, -0.05) is 12.1 Å². The van der Waals surface area contributed by atoms with Crippen LogP contribution in [-0.4, -0.2) is 50.1 Å². The largest absolute Gasteiger partial charge is 0.342 e. The number of nitrogens with zero attached hydrogens (tertiary/aromatic N) is 5. The topological polar surface area (TPSA) is 106 Å². The third-order valence-corrected chi connectivity index (χ3v) is 5.34. The number of nitro groups is 1. The molecule has 0 unspecified atom stereocenters. The van der Waals surface area contributed by atoms with Crippen molar-refractivity contribution in [3.8, 4) is 0 Å². The van der Waals surface area contributed by atoms with Gasteiger partial charge in [0.15, 0.2) is 0 Å². The molecule has 2 aliphatic rings. The SMILES string of the molecule is Cl.O=C(Cc1cccc([N+](=O)[O-])c1)N1CCC(c2nnc3n2CCNC3)CC1. The summed E-state index contributed by atoms with van der Waals surface area (Å²) in [4.78, 5) is 24.9. The molecule has 0 spiro atoms. The summed E-state index contributed by atoms with van der Waals surface area (Å²) >= 11 is 0. The summed E-state index contributed by atoms with van der Waals surface area (Å²) in [6, 6.07) is 6.29. The maximum absolute atomic E-state index is 12.6. The van der Waals surface area contributed by atoms with Crippen molar-refractivity contribution in [3.05, 3.63) is 51.6 Å². The molecule has 10 heteroatoms. The number of halogens is 1. The second kappa shape index (κ2) is 8.66. The summed E-state index contributed by atoms with van der Waals surface area (Å²) in [7, 11) is 0. The van der Waals surface area contributed by atoms with E-state index in [0.717, 1.165) is 44.1 Å². The minimum Gasteiger partial charge on any atom is -0.342 e. The van der Waals surface area contributed by atoms with Crippen molar-refractivity contribution in [3.63, 3.8) is 0 Å². The fourth-order valence-corrected chi connectivity index (χ4v) is 3.87. The van der Waals surface area contributed by atoms with Gasteiger partial charge in [0.1, 0.15) is 11.6 Å². The maximum Gasteiger partial charge on any atom is 0.269 e. The van der Waals surface area contributed by atoms with Crippen LogP contribution in [-0.2, 0) is 24.3 Å². The Kier molecular flexibility index (Phi) is 6.25. The van der Waals surface area contributed by atoms with Crippen LogP contribution in [0.3, 0.4) is 0 Å². The van der Waals surface area contributed by atoms with Crippen LogP contribution in [0, 0.1) is 10.1 Å². The van der Waals surface area contributed by atoms with E-state index >= 15 is 0 Å². The molecule has 1 amide bonds. The van der Waals surface area contributed by atoms with Crippen LogP contribution in [0.4, 0.5) is 5.69 Å². The highest BCUT2D eigenvalue weighted by molar-refractivity contribution is 5.85. The first-order chi connectivity index (χ1) is 13.1. The number of rotatable bonds is 4. The highest BCUT2D eigenvalue weighted by Gasteiger charge is 2.28. The number of amides is 1. The van der Waals surface area contributed by atoms with Crippen LogP contribution in [0.25, 0.3) is 0 Å². The van der Waals surface area contributed by atoms with Crippen LogP contribution < -0.4 is 5.32 Å². The maximum atomic E-state index is 12.6. The lowest BCUT2D eigenvalue weighted by molar-refractivity contribution is -0.384. The van der Waals surface area contributed by atoms with E-state index < -0.39 is 4.92 Å². The second-order valence-corrected chi connectivity index (χ2v) is 7.06.